The molecule has 3 heterocycles. The van der Waals surface area contributed by atoms with Crippen LogP contribution in [0.5, 0.6) is 0 Å². The van der Waals surface area contributed by atoms with Crippen molar-refractivity contribution in [1.82, 2.24) is 4.40 Å². The molecule has 0 N–H and O–H groups in total. The topological polar surface area (TPSA) is 8.29 Å². The van der Waals surface area contributed by atoms with Gasteiger partial charge < -0.3 is 4.40 Å². The van der Waals surface area contributed by atoms with Crippen LogP contribution in [0.1, 0.15) is 16.7 Å². The van der Waals surface area contributed by atoms with Gasteiger partial charge in [-0.1, -0.05) is 84.4 Å². The van der Waals surface area contributed by atoms with Crippen LogP contribution in [0, 0.1) is 20.8 Å². The lowest BCUT2D eigenvalue weighted by molar-refractivity contribution is -0.643. The Balaban J connectivity index is 1.80. The van der Waals surface area contributed by atoms with E-state index in [1.807, 2.05) is 0 Å². The molecule has 2 nitrogen and oxygen atoms in total. The molecule has 0 saturated heterocycles. The van der Waals surface area contributed by atoms with Gasteiger partial charge in [-0.15, -0.1) is 0 Å². The van der Waals surface area contributed by atoms with E-state index in [4.69, 9.17) is 0 Å². The van der Waals surface area contributed by atoms with Crippen LogP contribution in [-0.4, -0.2) is 4.40 Å². The van der Waals surface area contributed by atoms with Crippen LogP contribution in [0.25, 0.3) is 70.9 Å². The first kappa shape index (κ1) is 20.7. The first-order chi connectivity index (χ1) is 18.0. The van der Waals surface area contributed by atoms with Crippen molar-refractivity contribution in [3.63, 3.8) is 0 Å². The van der Waals surface area contributed by atoms with Crippen LogP contribution in [0.15, 0.2) is 91.1 Å². The lowest BCUT2D eigenvalue weighted by Gasteiger charge is -2.18. The van der Waals surface area contributed by atoms with Crippen molar-refractivity contribution >= 4 is 59.8 Å². The Labute approximate surface area is 215 Å². The summed E-state index contributed by atoms with van der Waals surface area (Å²) in [6.45, 7) is 6.82. The Hall–Kier alpha value is -4.43. The average molecular weight is 476 g/mol. The number of benzene rings is 5. The summed E-state index contributed by atoms with van der Waals surface area (Å²) in [7, 11) is 2.19. The summed E-state index contributed by atoms with van der Waals surface area (Å²) in [5.41, 5.74) is 11.8. The van der Waals surface area contributed by atoms with Gasteiger partial charge in [0.25, 0.3) is 0 Å². The van der Waals surface area contributed by atoms with Gasteiger partial charge in [-0.05, 0) is 53.6 Å². The number of hydrogen-bond acceptors (Lipinski definition) is 0. The molecule has 0 unspecified atom stereocenters. The minimum Gasteiger partial charge on any atom is -0.307 e. The van der Waals surface area contributed by atoms with Crippen molar-refractivity contribution in [2.24, 2.45) is 7.05 Å². The number of rotatable bonds is 1. The van der Waals surface area contributed by atoms with E-state index >= 15 is 0 Å². The largest absolute Gasteiger partial charge is 0.307 e. The molecule has 0 amide bonds. The predicted molar refractivity (Wildman–Crippen MR) is 157 cm³/mol. The minimum atomic E-state index is 1.25. The highest BCUT2D eigenvalue weighted by Crippen LogP contribution is 2.45. The fourth-order valence-electron chi connectivity index (χ4n) is 6.87. The molecule has 8 aromatic rings. The zero-order valence-corrected chi connectivity index (χ0v) is 21.6. The van der Waals surface area contributed by atoms with Crippen molar-refractivity contribution in [3.05, 3.63) is 108 Å². The molecule has 0 aliphatic carbocycles. The molecular formula is C35H27N2+. The number of hydrogen-bond donors (Lipinski definition) is 0. The third-order valence-corrected chi connectivity index (χ3v) is 8.55. The molecule has 37 heavy (non-hydrogen) atoms. The van der Waals surface area contributed by atoms with Gasteiger partial charge in [0.05, 0.1) is 27.3 Å². The molecule has 0 aliphatic rings. The lowest BCUT2D eigenvalue weighted by Crippen LogP contribution is -2.29. The maximum Gasteiger partial charge on any atom is 0.224 e. The molecule has 2 heteroatoms. The monoisotopic (exact) mass is 475 g/mol. The second kappa shape index (κ2) is 7.08. The molecular weight excluding hydrogens is 448 g/mol. The lowest BCUT2D eigenvalue weighted by atomic mass is 9.92. The van der Waals surface area contributed by atoms with E-state index in [9.17, 15) is 0 Å². The number of aromatic nitrogens is 2. The van der Waals surface area contributed by atoms with Gasteiger partial charge in [0, 0.05) is 22.4 Å². The van der Waals surface area contributed by atoms with Crippen molar-refractivity contribution < 1.29 is 4.57 Å². The fraction of sp³-hybridized carbons (Fsp3) is 0.114. The highest BCUT2D eigenvalue weighted by Gasteiger charge is 2.27. The summed E-state index contributed by atoms with van der Waals surface area (Å²) >= 11 is 0. The summed E-state index contributed by atoms with van der Waals surface area (Å²) in [5.74, 6) is 0. The maximum absolute atomic E-state index is 2.60. The van der Waals surface area contributed by atoms with Crippen molar-refractivity contribution in [2.45, 2.75) is 20.8 Å². The zero-order valence-electron chi connectivity index (χ0n) is 21.6. The molecule has 0 bridgehead atoms. The van der Waals surface area contributed by atoms with Crippen molar-refractivity contribution in [2.75, 3.05) is 0 Å². The third-order valence-electron chi connectivity index (χ3n) is 8.55. The van der Waals surface area contributed by atoms with Crippen LogP contribution in [-0.2, 0) is 7.05 Å². The highest BCUT2D eigenvalue weighted by atomic mass is 15.0. The molecule has 8 rings (SSSR count). The molecule has 0 spiro atoms. The van der Waals surface area contributed by atoms with Gasteiger partial charge in [0.2, 0.25) is 5.52 Å². The number of aryl methyl sites for hydroxylation is 4. The number of nitrogens with zero attached hydrogens (tertiary/aromatic N) is 2. The molecule has 0 radical (unpaired) electrons. The van der Waals surface area contributed by atoms with Crippen LogP contribution < -0.4 is 4.57 Å². The predicted octanol–water partition coefficient (Wildman–Crippen LogP) is 8.56. The Morgan fingerprint density at radius 3 is 2.22 bits per heavy atom. The van der Waals surface area contributed by atoms with Crippen LogP contribution in [0.4, 0.5) is 0 Å². The Kier molecular flexibility index (Phi) is 3.96. The molecule has 3 aromatic heterocycles. The van der Waals surface area contributed by atoms with E-state index in [0.717, 1.165) is 0 Å². The quantitative estimate of drug-likeness (QED) is 0.128. The van der Waals surface area contributed by atoms with Gasteiger partial charge >= 0.3 is 0 Å². The van der Waals surface area contributed by atoms with Crippen LogP contribution in [0.3, 0.4) is 0 Å². The smallest absolute Gasteiger partial charge is 0.224 e. The van der Waals surface area contributed by atoms with Crippen LogP contribution >= 0.6 is 0 Å². The van der Waals surface area contributed by atoms with E-state index in [2.05, 4.69) is 128 Å². The maximum atomic E-state index is 2.60. The second-order valence-corrected chi connectivity index (χ2v) is 10.6. The Morgan fingerprint density at radius 2 is 1.38 bits per heavy atom. The first-order valence-corrected chi connectivity index (χ1v) is 13.0. The SMILES string of the molecule is Cc1ccc2c(C)c3c(c(C)c2c1)c1c2c(ccc4c5cccc(-c6ccccc6)c5n3c42)cc[n+]1C. The van der Waals surface area contributed by atoms with Gasteiger partial charge in [0.15, 0.2) is 6.20 Å². The average Bonchev–Trinajstić information content (AvgIpc) is 3.27. The van der Waals surface area contributed by atoms with Gasteiger partial charge in [-0.25, -0.2) is 4.57 Å². The summed E-state index contributed by atoms with van der Waals surface area (Å²) in [5, 5.41) is 9.30. The van der Waals surface area contributed by atoms with E-state index < -0.39 is 0 Å². The Morgan fingerprint density at radius 1 is 0.595 bits per heavy atom. The molecule has 0 saturated carbocycles. The number of fused-ring (bicyclic) bond motifs is 7. The van der Waals surface area contributed by atoms with Gasteiger partial charge in [0.1, 0.15) is 7.05 Å². The molecule has 0 aliphatic heterocycles. The van der Waals surface area contributed by atoms with Crippen molar-refractivity contribution in [1.29, 1.82) is 0 Å². The summed E-state index contributed by atoms with van der Waals surface area (Å²) in [6.07, 6.45) is 2.22. The first-order valence-electron chi connectivity index (χ1n) is 13.0. The normalized spacial score (nSPS) is 12.3. The summed E-state index contributed by atoms with van der Waals surface area (Å²) in [6, 6.07) is 31.4. The molecule has 176 valence electrons. The van der Waals surface area contributed by atoms with Gasteiger partial charge in [-0.2, -0.15) is 0 Å². The highest BCUT2D eigenvalue weighted by molar-refractivity contribution is 6.29. The molecule has 5 aromatic carbocycles. The van der Waals surface area contributed by atoms with Crippen molar-refractivity contribution in [3.8, 4) is 11.1 Å². The van der Waals surface area contributed by atoms with Gasteiger partial charge in [-0.3, -0.25) is 0 Å². The fourth-order valence-corrected chi connectivity index (χ4v) is 6.87. The standard InChI is InChI=1S/C35H27N2/c1-20-13-15-25-22(3)32-30(21(2)29(25)19-20)35-31-24(17-18-36(35)4)14-16-28-27-12-8-11-26(23-9-6-5-7-10-23)33(27)37(32)34(28)31/h5-19H,1-4H3/q+1. The minimum absolute atomic E-state index is 1.25. The number of para-hydroxylation sites is 1. The third kappa shape index (κ3) is 2.52. The van der Waals surface area contributed by atoms with E-state index in [0.29, 0.717) is 0 Å². The van der Waals surface area contributed by atoms with E-state index in [-0.39, 0.29) is 0 Å². The Bertz CT molecular complexity index is 2220. The summed E-state index contributed by atoms with van der Waals surface area (Å²) < 4.78 is 4.92. The second-order valence-electron chi connectivity index (χ2n) is 10.6. The van der Waals surface area contributed by atoms with E-state index in [1.165, 1.54) is 87.6 Å². The molecule has 0 atom stereocenters. The molecule has 0 fully saturated rings. The number of pyridine rings is 2. The van der Waals surface area contributed by atoms with Crippen LogP contribution in [0.2, 0.25) is 0 Å². The van der Waals surface area contributed by atoms with E-state index in [1.54, 1.807) is 0 Å². The summed E-state index contributed by atoms with van der Waals surface area (Å²) in [4.78, 5) is 0. The zero-order chi connectivity index (χ0) is 25.0.